The van der Waals surface area contributed by atoms with E-state index >= 15 is 0 Å². The van der Waals surface area contributed by atoms with Gasteiger partial charge in [-0.1, -0.05) is 5.21 Å². The summed E-state index contributed by atoms with van der Waals surface area (Å²) in [6, 6.07) is 0.174. The summed E-state index contributed by atoms with van der Waals surface area (Å²) in [7, 11) is 0. The van der Waals surface area contributed by atoms with Gasteiger partial charge in [0.05, 0.1) is 17.9 Å². The Morgan fingerprint density at radius 2 is 2.37 bits per heavy atom. The van der Waals surface area contributed by atoms with E-state index in [-0.39, 0.29) is 11.7 Å². The van der Waals surface area contributed by atoms with Gasteiger partial charge in [-0.15, -0.1) is 5.10 Å². The summed E-state index contributed by atoms with van der Waals surface area (Å²) < 4.78 is 6.75. The maximum atomic E-state index is 10.7. The van der Waals surface area contributed by atoms with Crippen molar-refractivity contribution in [3.8, 4) is 0 Å². The van der Waals surface area contributed by atoms with Crippen molar-refractivity contribution >= 4 is 5.97 Å². The molecule has 1 fully saturated rings. The van der Waals surface area contributed by atoms with Crippen LogP contribution < -0.4 is 0 Å². The highest BCUT2D eigenvalue weighted by molar-refractivity contribution is 5.84. The minimum absolute atomic E-state index is 0.0224. The number of rotatable bonds is 4. The number of carboxylic acid groups (broad SMARTS) is 1. The molecule has 19 heavy (non-hydrogen) atoms. The van der Waals surface area contributed by atoms with Gasteiger partial charge in [0.15, 0.2) is 12.1 Å². The average Bonchev–Trinajstić information content (AvgIpc) is 2.92. The van der Waals surface area contributed by atoms with E-state index in [0.29, 0.717) is 0 Å². The zero-order chi connectivity index (χ0) is 13.4. The normalized spacial score (nSPS) is 16.5. The van der Waals surface area contributed by atoms with E-state index in [4.69, 9.17) is 9.52 Å². The van der Waals surface area contributed by atoms with Crippen molar-refractivity contribution < 1.29 is 14.3 Å². The first-order chi connectivity index (χ1) is 9.13. The second kappa shape index (κ2) is 4.47. The van der Waals surface area contributed by atoms with Crippen LogP contribution in [-0.4, -0.2) is 49.0 Å². The van der Waals surface area contributed by atoms with Crippen LogP contribution in [0.3, 0.4) is 0 Å². The third-order valence-electron chi connectivity index (χ3n) is 3.26. The molecule has 1 saturated heterocycles. The summed E-state index contributed by atoms with van der Waals surface area (Å²) in [6.07, 6.45) is 2.91. The monoisotopic (exact) mass is 263 g/mol. The van der Waals surface area contributed by atoms with Gasteiger partial charge in [0.1, 0.15) is 5.76 Å². The number of hydrogen-bond acceptors (Lipinski definition) is 6. The SMILES string of the molecule is Cc1ocnc1CN1CC(n2cc(C(=O)O)nn2)C1. The number of aryl methyl sites for hydroxylation is 1. The van der Waals surface area contributed by atoms with E-state index in [1.54, 1.807) is 4.68 Å². The fourth-order valence-corrected chi connectivity index (χ4v) is 2.08. The van der Waals surface area contributed by atoms with Gasteiger partial charge in [0.25, 0.3) is 0 Å². The van der Waals surface area contributed by atoms with E-state index in [2.05, 4.69) is 20.2 Å². The van der Waals surface area contributed by atoms with E-state index < -0.39 is 5.97 Å². The molecule has 0 spiro atoms. The van der Waals surface area contributed by atoms with Crippen molar-refractivity contribution in [2.45, 2.75) is 19.5 Å². The maximum Gasteiger partial charge on any atom is 0.358 e. The average molecular weight is 263 g/mol. The van der Waals surface area contributed by atoms with Gasteiger partial charge in [0.2, 0.25) is 0 Å². The zero-order valence-electron chi connectivity index (χ0n) is 10.4. The third kappa shape index (κ3) is 2.22. The molecule has 8 nitrogen and oxygen atoms in total. The molecule has 0 aromatic carbocycles. The summed E-state index contributed by atoms with van der Waals surface area (Å²) >= 11 is 0. The van der Waals surface area contributed by atoms with Crippen LogP contribution in [0.15, 0.2) is 17.0 Å². The molecule has 0 aliphatic carbocycles. The number of nitrogens with zero attached hydrogens (tertiary/aromatic N) is 5. The molecule has 0 saturated carbocycles. The molecule has 0 amide bonds. The lowest BCUT2D eigenvalue weighted by molar-refractivity contribution is 0.0690. The highest BCUT2D eigenvalue weighted by atomic mass is 16.4. The predicted molar refractivity (Wildman–Crippen MR) is 62.5 cm³/mol. The van der Waals surface area contributed by atoms with Gasteiger partial charge in [-0.25, -0.2) is 14.5 Å². The molecule has 0 radical (unpaired) electrons. The lowest BCUT2D eigenvalue weighted by Crippen LogP contribution is -2.47. The summed E-state index contributed by atoms with van der Waals surface area (Å²) in [5.74, 6) is -0.224. The van der Waals surface area contributed by atoms with Crippen molar-refractivity contribution in [2.24, 2.45) is 0 Å². The van der Waals surface area contributed by atoms with Crippen LogP contribution in [0.25, 0.3) is 0 Å². The van der Waals surface area contributed by atoms with E-state index in [1.165, 1.54) is 12.6 Å². The highest BCUT2D eigenvalue weighted by Crippen LogP contribution is 2.22. The van der Waals surface area contributed by atoms with Crippen molar-refractivity contribution in [1.29, 1.82) is 0 Å². The Bertz CT molecular complexity index is 599. The van der Waals surface area contributed by atoms with Crippen LogP contribution in [0.2, 0.25) is 0 Å². The van der Waals surface area contributed by atoms with E-state index in [0.717, 1.165) is 31.1 Å². The first-order valence-corrected chi connectivity index (χ1v) is 5.90. The number of carbonyl (C=O) groups is 1. The van der Waals surface area contributed by atoms with E-state index in [1.807, 2.05) is 6.92 Å². The van der Waals surface area contributed by atoms with Gasteiger partial charge >= 0.3 is 5.97 Å². The Kier molecular flexibility index (Phi) is 2.79. The molecule has 1 N–H and O–H groups in total. The molecule has 1 aliphatic heterocycles. The van der Waals surface area contributed by atoms with Crippen molar-refractivity contribution in [1.82, 2.24) is 24.9 Å². The van der Waals surface area contributed by atoms with Crippen LogP contribution in [0, 0.1) is 6.92 Å². The lowest BCUT2D eigenvalue weighted by Gasteiger charge is -2.38. The number of carboxylic acids is 1. The van der Waals surface area contributed by atoms with Gasteiger partial charge in [-0.3, -0.25) is 4.90 Å². The third-order valence-corrected chi connectivity index (χ3v) is 3.26. The van der Waals surface area contributed by atoms with Crippen LogP contribution in [0.5, 0.6) is 0 Å². The smallest absolute Gasteiger partial charge is 0.358 e. The second-order valence-corrected chi connectivity index (χ2v) is 4.59. The Hall–Kier alpha value is -2.22. The topological polar surface area (TPSA) is 97.3 Å². The van der Waals surface area contributed by atoms with Crippen LogP contribution >= 0.6 is 0 Å². The fraction of sp³-hybridized carbons (Fsp3) is 0.455. The summed E-state index contributed by atoms with van der Waals surface area (Å²) in [5.41, 5.74) is 0.911. The lowest BCUT2D eigenvalue weighted by atomic mass is 10.1. The van der Waals surface area contributed by atoms with Gasteiger partial charge in [-0.2, -0.15) is 0 Å². The Morgan fingerprint density at radius 1 is 1.58 bits per heavy atom. The Morgan fingerprint density at radius 3 is 2.95 bits per heavy atom. The molecule has 2 aromatic rings. The first-order valence-electron chi connectivity index (χ1n) is 5.90. The standard InChI is InChI=1S/C11H13N5O3/c1-7-9(12-6-19-7)4-15-2-8(3-15)16-5-10(11(17)18)13-14-16/h5-6,8H,2-4H2,1H3,(H,17,18). The fourth-order valence-electron chi connectivity index (χ4n) is 2.08. The van der Waals surface area contributed by atoms with E-state index in [9.17, 15) is 4.79 Å². The van der Waals surface area contributed by atoms with Crippen LogP contribution in [0.4, 0.5) is 0 Å². The maximum absolute atomic E-state index is 10.7. The molecule has 8 heteroatoms. The zero-order valence-corrected chi connectivity index (χ0v) is 10.4. The number of aromatic nitrogens is 4. The number of aromatic carboxylic acids is 1. The van der Waals surface area contributed by atoms with Crippen LogP contribution in [-0.2, 0) is 6.54 Å². The first kappa shape index (κ1) is 11.8. The second-order valence-electron chi connectivity index (χ2n) is 4.59. The van der Waals surface area contributed by atoms with Crippen molar-refractivity contribution in [2.75, 3.05) is 13.1 Å². The molecule has 3 rings (SSSR count). The Labute approximate surface area is 108 Å². The quantitative estimate of drug-likeness (QED) is 0.848. The van der Waals surface area contributed by atoms with Gasteiger partial charge in [0, 0.05) is 19.6 Å². The molecule has 0 bridgehead atoms. The highest BCUT2D eigenvalue weighted by Gasteiger charge is 2.30. The summed E-state index contributed by atoms with van der Waals surface area (Å²) in [4.78, 5) is 17.0. The summed E-state index contributed by atoms with van der Waals surface area (Å²) in [5, 5.41) is 16.2. The molecule has 0 unspecified atom stereocenters. The predicted octanol–water partition coefficient (Wildman–Crippen LogP) is 0.330. The summed E-state index contributed by atoms with van der Waals surface area (Å²) in [6.45, 7) is 4.22. The van der Waals surface area contributed by atoms with Crippen molar-refractivity contribution in [3.05, 3.63) is 29.7 Å². The molecular formula is C11H13N5O3. The van der Waals surface area contributed by atoms with Crippen molar-refractivity contribution in [3.63, 3.8) is 0 Å². The molecule has 3 heterocycles. The Balaban J connectivity index is 1.57. The molecule has 1 aliphatic rings. The molecule has 0 atom stereocenters. The largest absolute Gasteiger partial charge is 0.476 e. The number of hydrogen-bond donors (Lipinski definition) is 1. The minimum Gasteiger partial charge on any atom is -0.476 e. The van der Waals surface area contributed by atoms with Gasteiger partial charge < -0.3 is 9.52 Å². The molecule has 2 aromatic heterocycles. The minimum atomic E-state index is -1.05. The number of likely N-dealkylation sites (tertiary alicyclic amines) is 1. The molecular weight excluding hydrogens is 250 g/mol. The van der Waals surface area contributed by atoms with Gasteiger partial charge in [-0.05, 0) is 6.92 Å². The number of oxazole rings is 1. The molecule has 100 valence electrons. The van der Waals surface area contributed by atoms with Crippen LogP contribution in [0.1, 0.15) is 28.0 Å².